The van der Waals surface area contributed by atoms with Gasteiger partial charge in [-0.2, -0.15) is 0 Å². The van der Waals surface area contributed by atoms with E-state index in [1.807, 2.05) is 0 Å². The molecule has 7 heteroatoms. The summed E-state index contributed by atoms with van der Waals surface area (Å²) >= 11 is 0. The van der Waals surface area contributed by atoms with Gasteiger partial charge in [0.1, 0.15) is 12.5 Å². The summed E-state index contributed by atoms with van der Waals surface area (Å²) in [6.45, 7) is 5.34. The van der Waals surface area contributed by atoms with Gasteiger partial charge >= 0.3 is 0 Å². The lowest BCUT2D eigenvalue weighted by Gasteiger charge is -1.95. The average molecular weight is 266 g/mol. The van der Waals surface area contributed by atoms with Crippen LogP contribution in [0.15, 0.2) is 0 Å². The van der Waals surface area contributed by atoms with Crippen LogP contribution < -0.4 is 10.6 Å². The molecule has 0 aromatic carbocycles. The lowest BCUT2D eigenvalue weighted by molar-refractivity contribution is -0.120. The first kappa shape index (κ1) is 22.2. The van der Waals surface area contributed by atoms with E-state index >= 15 is 0 Å². The standard InChI is InChI=1S/C4H9NO2.C4H9NO.C3H8O2/c1-4(6)5-3-7-2;1-4(6)3-5-2;1-3(4)5-2/h3H2,1-2H3,(H,5,6);5H,3H2,1-2H3;3-4H,1-2H3. The van der Waals surface area contributed by atoms with Crippen molar-refractivity contribution in [3.63, 3.8) is 0 Å². The third kappa shape index (κ3) is 46.0. The fraction of sp³-hybridized carbons (Fsp3) is 0.818. The van der Waals surface area contributed by atoms with Crippen molar-refractivity contribution in [2.45, 2.75) is 27.1 Å². The number of nitrogens with one attached hydrogen (secondary N) is 2. The summed E-state index contributed by atoms with van der Waals surface area (Å²) < 4.78 is 8.83. The molecule has 18 heavy (non-hydrogen) atoms. The largest absolute Gasteiger partial charge is 0.368 e. The number of methoxy groups -OCH3 is 2. The number of carbonyl (C=O) groups excluding carboxylic acids is 2. The van der Waals surface area contributed by atoms with E-state index in [0.29, 0.717) is 13.3 Å². The maximum atomic E-state index is 10.0. The van der Waals surface area contributed by atoms with Crippen molar-refractivity contribution >= 4 is 11.7 Å². The van der Waals surface area contributed by atoms with E-state index in [0.717, 1.165) is 0 Å². The molecule has 3 N–H and O–H groups in total. The van der Waals surface area contributed by atoms with Crippen molar-refractivity contribution in [2.24, 2.45) is 0 Å². The molecule has 0 rings (SSSR count). The Balaban J connectivity index is -0.000000190. The second-order valence-corrected chi connectivity index (χ2v) is 3.23. The van der Waals surface area contributed by atoms with Crippen LogP contribution in [-0.4, -0.2) is 57.6 Å². The van der Waals surface area contributed by atoms with E-state index in [-0.39, 0.29) is 11.7 Å². The van der Waals surface area contributed by atoms with Crippen molar-refractivity contribution < 1.29 is 24.2 Å². The van der Waals surface area contributed by atoms with E-state index in [1.54, 1.807) is 20.9 Å². The molecule has 0 aromatic heterocycles. The fourth-order valence-corrected chi connectivity index (χ4v) is 0.423. The lowest BCUT2D eigenvalue weighted by atomic mass is 10.5. The number of Topliss-reactive ketones (excluding diaryl/α,β-unsaturated/α-hetero) is 1. The van der Waals surface area contributed by atoms with E-state index < -0.39 is 6.29 Å². The Bertz CT molecular complexity index is 198. The first-order valence-corrected chi connectivity index (χ1v) is 5.40. The Morgan fingerprint density at radius 3 is 1.78 bits per heavy atom. The van der Waals surface area contributed by atoms with Crippen LogP contribution in [0.3, 0.4) is 0 Å². The summed E-state index contributed by atoms with van der Waals surface area (Å²) in [5.41, 5.74) is 0. The minimum absolute atomic E-state index is 0.0677. The zero-order valence-corrected chi connectivity index (χ0v) is 12.1. The highest BCUT2D eigenvalue weighted by Crippen LogP contribution is 1.72. The number of amides is 1. The second-order valence-electron chi connectivity index (χ2n) is 3.23. The molecule has 7 nitrogen and oxygen atoms in total. The fourth-order valence-electron chi connectivity index (χ4n) is 0.423. The minimum atomic E-state index is -0.616. The predicted octanol–water partition coefficient (Wildman–Crippen LogP) is -0.508. The molecular weight excluding hydrogens is 240 g/mol. The number of rotatable bonds is 5. The van der Waals surface area contributed by atoms with Gasteiger partial charge in [0, 0.05) is 21.1 Å². The van der Waals surface area contributed by atoms with Crippen LogP contribution in [-0.2, 0) is 19.1 Å². The SMILES string of the molecule is CNCC(C)=O.COC(C)O.COCNC(C)=O. The van der Waals surface area contributed by atoms with E-state index in [9.17, 15) is 9.59 Å². The highest BCUT2D eigenvalue weighted by Gasteiger charge is 1.83. The first-order valence-electron chi connectivity index (χ1n) is 5.40. The summed E-state index contributed by atoms with van der Waals surface area (Å²) in [4.78, 5) is 20.0. The highest BCUT2D eigenvalue weighted by molar-refractivity contribution is 5.77. The van der Waals surface area contributed by atoms with Gasteiger partial charge in [-0.1, -0.05) is 0 Å². The number of hydrogen-bond donors (Lipinski definition) is 3. The van der Waals surface area contributed by atoms with E-state index in [2.05, 4.69) is 20.1 Å². The van der Waals surface area contributed by atoms with Gasteiger partial charge in [-0.15, -0.1) is 0 Å². The maximum absolute atomic E-state index is 10.0. The molecule has 0 radical (unpaired) electrons. The molecule has 1 amide bonds. The topological polar surface area (TPSA) is 96.9 Å². The third-order valence-corrected chi connectivity index (χ3v) is 1.23. The molecule has 0 aliphatic heterocycles. The smallest absolute Gasteiger partial charge is 0.218 e. The Kier molecular flexibility index (Phi) is 22.6. The van der Waals surface area contributed by atoms with Gasteiger partial charge in [0.15, 0.2) is 6.29 Å². The quantitative estimate of drug-likeness (QED) is 0.580. The average Bonchev–Trinajstić information content (AvgIpc) is 2.27. The number of aliphatic hydroxyl groups excluding tert-OH is 1. The van der Waals surface area contributed by atoms with Crippen LogP contribution in [0, 0.1) is 0 Å². The summed E-state index contributed by atoms with van der Waals surface area (Å²) in [6, 6.07) is 0. The lowest BCUT2D eigenvalue weighted by Crippen LogP contribution is -2.21. The van der Waals surface area contributed by atoms with Crippen molar-refractivity contribution in [2.75, 3.05) is 34.5 Å². The Morgan fingerprint density at radius 1 is 1.28 bits per heavy atom. The number of likely N-dealkylation sites (N-methyl/N-ethyl adjacent to an activating group) is 1. The zero-order chi connectivity index (χ0) is 15.0. The van der Waals surface area contributed by atoms with Crippen molar-refractivity contribution in [1.29, 1.82) is 0 Å². The number of aliphatic hydroxyl groups is 1. The molecule has 1 unspecified atom stereocenters. The Labute approximate surface area is 109 Å². The molecule has 0 heterocycles. The van der Waals surface area contributed by atoms with Crippen LogP contribution in [0.1, 0.15) is 20.8 Å². The van der Waals surface area contributed by atoms with Crippen molar-refractivity contribution in [3.8, 4) is 0 Å². The van der Waals surface area contributed by atoms with Gasteiger partial charge in [0.2, 0.25) is 5.91 Å². The summed E-state index contributed by atoms with van der Waals surface area (Å²) in [5, 5.41) is 13.3. The molecule has 0 aromatic rings. The van der Waals surface area contributed by atoms with Gasteiger partial charge in [0.25, 0.3) is 0 Å². The second kappa shape index (κ2) is 18.3. The molecular formula is C11H26N2O5. The Hall–Kier alpha value is -1.02. The normalized spacial score (nSPS) is 10.2. The highest BCUT2D eigenvalue weighted by atomic mass is 16.6. The molecule has 110 valence electrons. The van der Waals surface area contributed by atoms with Crippen LogP contribution in [0.4, 0.5) is 0 Å². The molecule has 0 saturated heterocycles. The van der Waals surface area contributed by atoms with Crippen LogP contribution in [0.5, 0.6) is 0 Å². The van der Waals surface area contributed by atoms with E-state index in [1.165, 1.54) is 21.1 Å². The first-order chi connectivity index (χ1) is 8.31. The minimum Gasteiger partial charge on any atom is -0.368 e. The van der Waals surface area contributed by atoms with Gasteiger partial charge in [-0.25, -0.2) is 0 Å². The summed E-state index contributed by atoms with van der Waals surface area (Å²) in [6.07, 6.45) is -0.616. The van der Waals surface area contributed by atoms with Crippen LogP contribution in [0.25, 0.3) is 0 Å². The van der Waals surface area contributed by atoms with Gasteiger partial charge in [-0.3, -0.25) is 9.59 Å². The van der Waals surface area contributed by atoms with Crippen LogP contribution >= 0.6 is 0 Å². The number of ketones is 1. The van der Waals surface area contributed by atoms with E-state index in [4.69, 9.17) is 5.11 Å². The van der Waals surface area contributed by atoms with Gasteiger partial charge in [0.05, 0.1) is 6.54 Å². The summed E-state index contributed by atoms with van der Waals surface area (Å²) in [7, 11) is 4.72. The zero-order valence-electron chi connectivity index (χ0n) is 12.1. The number of carbonyl (C=O) groups is 2. The number of ether oxygens (including phenoxy) is 2. The Morgan fingerprint density at radius 2 is 1.72 bits per heavy atom. The predicted molar refractivity (Wildman–Crippen MR) is 69.0 cm³/mol. The molecule has 1 atom stereocenters. The van der Waals surface area contributed by atoms with Crippen molar-refractivity contribution in [1.82, 2.24) is 10.6 Å². The van der Waals surface area contributed by atoms with Crippen molar-refractivity contribution in [3.05, 3.63) is 0 Å². The number of hydrogen-bond acceptors (Lipinski definition) is 6. The molecule has 0 saturated carbocycles. The van der Waals surface area contributed by atoms with Crippen LogP contribution in [0.2, 0.25) is 0 Å². The maximum Gasteiger partial charge on any atom is 0.218 e. The molecule has 0 spiro atoms. The van der Waals surface area contributed by atoms with Gasteiger partial charge < -0.3 is 25.2 Å². The molecule has 0 fully saturated rings. The summed E-state index contributed by atoms with van der Waals surface area (Å²) in [5.74, 6) is 0.111. The van der Waals surface area contributed by atoms with Gasteiger partial charge in [-0.05, 0) is 20.9 Å². The molecule has 0 aliphatic carbocycles. The molecule has 0 aliphatic rings. The monoisotopic (exact) mass is 266 g/mol. The molecule has 0 bridgehead atoms. The third-order valence-electron chi connectivity index (χ3n) is 1.23.